The highest BCUT2D eigenvalue weighted by Gasteiger charge is 2.54. The molecular weight excluding hydrogens is 463 g/mol. The number of carbonyl (C=O) groups is 1. The van der Waals surface area contributed by atoms with Gasteiger partial charge in [-0.1, -0.05) is 79.1 Å². The Morgan fingerprint density at radius 3 is 2.57 bits per heavy atom. The fourth-order valence-corrected chi connectivity index (χ4v) is 5.71. The summed E-state index contributed by atoms with van der Waals surface area (Å²) in [7, 11) is 0. The second-order valence-electron chi connectivity index (χ2n) is 10.4. The van der Waals surface area contributed by atoms with Gasteiger partial charge in [-0.3, -0.25) is 10.1 Å². The zero-order valence-corrected chi connectivity index (χ0v) is 22.3. The van der Waals surface area contributed by atoms with Crippen molar-refractivity contribution in [2.45, 2.75) is 83.0 Å². The smallest absolute Gasteiger partial charge is 0.220 e. The van der Waals surface area contributed by atoms with Crippen LogP contribution in [0, 0.1) is 5.82 Å². The summed E-state index contributed by atoms with van der Waals surface area (Å²) in [6, 6.07) is 17.0. The topological polar surface area (TPSA) is 53.7 Å². The van der Waals surface area contributed by atoms with E-state index in [4.69, 9.17) is 4.74 Å². The van der Waals surface area contributed by atoms with E-state index in [2.05, 4.69) is 67.0 Å². The number of epoxide rings is 1. The van der Waals surface area contributed by atoms with Gasteiger partial charge >= 0.3 is 0 Å². The molecule has 0 radical (unpaired) electrons. The molecule has 5 heteroatoms. The van der Waals surface area contributed by atoms with Gasteiger partial charge < -0.3 is 10.1 Å². The van der Waals surface area contributed by atoms with Crippen molar-refractivity contribution in [3.8, 4) is 0 Å². The molecule has 3 unspecified atom stereocenters. The number of halogens is 1. The SMILES string of the molecule is CCCC(CCNC(=O)CCc1ccc(F)cc1)(c1ccccc1)C1OC1NCCC1=C(C)C=CCC1. The molecule has 3 atom stereocenters. The summed E-state index contributed by atoms with van der Waals surface area (Å²) in [5.74, 6) is -0.228. The van der Waals surface area contributed by atoms with E-state index in [1.54, 1.807) is 17.7 Å². The Labute approximate surface area is 221 Å². The van der Waals surface area contributed by atoms with E-state index in [1.165, 1.54) is 23.3 Å². The lowest BCUT2D eigenvalue weighted by atomic mass is 9.71. The molecular formula is C32H41FN2O2. The molecule has 1 aliphatic heterocycles. The molecule has 4 nitrogen and oxygen atoms in total. The van der Waals surface area contributed by atoms with Gasteiger partial charge in [-0.15, -0.1) is 0 Å². The molecule has 198 valence electrons. The molecule has 0 bridgehead atoms. The van der Waals surface area contributed by atoms with Gasteiger partial charge in [0.1, 0.15) is 18.1 Å². The molecule has 1 fully saturated rings. The van der Waals surface area contributed by atoms with Gasteiger partial charge in [-0.05, 0) is 68.7 Å². The standard InChI is InChI=1S/C32H41FN2O2/c1-3-20-32(27-11-5-4-6-12-27,21-23-34-29(36)18-15-25-13-16-28(33)17-14-25)30-31(37-30)35-22-19-26-10-8-7-9-24(26)2/h4-7,9,11-14,16-17,30-31,35H,3,8,10,15,18-23H2,1-2H3,(H,34,36). The van der Waals surface area contributed by atoms with E-state index in [0.717, 1.165) is 50.6 Å². The summed E-state index contributed by atoms with van der Waals surface area (Å²) in [5.41, 5.74) is 5.04. The largest absolute Gasteiger partial charge is 0.356 e. The Balaban J connectivity index is 1.34. The summed E-state index contributed by atoms with van der Waals surface area (Å²) < 4.78 is 19.4. The minimum Gasteiger partial charge on any atom is -0.356 e. The van der Waals surface area contributed by atoms with Crippen LogP contribution < -0.4 is 10.6 Å². The molecule has 1 heterocycles. The fourth-order valence-electron chi connectivity index (χ4n) is 5.71. The number of aryl methyl sites for hydroxylation is 1. The monoisotopic (exact) mass is 504 g/mol. The fraction of sp³-hybridized carbons (Fsp3) is 0.469. The third-order valence-electron chi connectivity index (χ3n) is 7.84. The minimum atomic E-state index is -0.255. The number of amides is 1. The van der Waals surface area contributed by atoms with Gasteiger partial charge in [0.2, 0.25) is 5.91 Å². The van der Waals surface area contributed by atoms with E-state index in [1.807, 2.05) is 0 Å². The molecule has 37 heavy (non-hydrogen) atoms. The Kier molecular flexibility index (Phi) is 9.70. The van der Waals surface area contributed by atoms with Crippen LogP contribution in [0.25, 0.3) is 0 Å². The van der Waals surface area contributed by atoms with Gasteiger partial charge in [-0.25, -0.2) is 4.39 Å². The van der Waals surface area contributed by atoms with Gasteiger partial charge in [-0.2, -0.15) is 0 Å². The predicted octanol–water partition coefficient (Wildman–Crippen LogP) is 6.37. The maximum absolute atomic E-state index is 13.1. The summed E-state index contributed by atoms with van der Waals surface area (Å²) in [6.07, 6.45) is 11.8. The lowest BCUT2D eigenvalue weighted by Gasteiger charge is -2.33. The number of ether oxygens (including phenoxy) is 1. The van der Waals surface area contributed by atoms with Crippen molar-refractivity contribution in [2.24, 2.45) is 0 Å². The van der Waals surface area contributed by atoms with E-state index in [-0.39, 0.29) is 29.5 Å². The van der Waals surface area contributed by atoms with E-state index >= 15 is 0 Å². The van der Waals surface area contributed by atoms with Crippen LogP contribution in [0.1, 0.15) is 69.9 Å². The number of allylic oxidation sites excluding steroid dienone is 3. The Hall–Kier alpha value is -2.76. The zero-order valence-electron chi connectivity index (χ0n) is 22.3. The predicted molar refractivity (Wildman–Crippen MR) is 148 cm³/mol. The number of benzene rings is 2. The van der Waals surface area contributed by atoms with E-state index in [9.17, 15) is 9.18 Å². The highest BCUT2D eigenvalue weighted by Crippen LogP contribution is 2.46. The van der Waals surface area contributed by atoms with Crippen LogP contribution >= 0.6 is 0 Å². The third-order valence-corrected chi connectivity index (χ3v) is 7.84. The molecule has 4 rings (SSSR count). The molecule has 2 aromatic carbocycles. The Morgan fingerprint density at radius 1 is 1.05 bits per heavy atom. The first-order valence-corrected chi connectivity index (χ1v) is 13.8. The average Bonchev–Trinajstić information content (AvgIpc) is 3.69. The Bertz CT molecular complexity index is 1080. The molecule has 0 saturated carbocycles. The van der Waals surface area contributed by atoms with Crippen molar-refractivity contribution < 1.29 is 13.9 Å². The van der Waals surface area contributed by atoms with Crippen molar-refractivity contribution in [3.05, 3.63) is 94.8 Å². The van der Waals surface area contributed by atoms with Crippen LogP contribution in [-0.2, 0) is 21.4 Å². The number of hydrogen-bond donors (Lipinski definition) is 2. The van der Waals surface area contributed by atoms with Crippen LogP contribution in [0.15, 0.2) is 77.9 Å². The van der Waals surface area contributed by atoms with Gasteiger partial charge in [0.05, 0.1) is 0 Å². The molecule has 1 saturated heterocycles. The minimum absolute atomic E-state index is 0.0272. The number of rotatable bonds is 14. The maximum Gasteiger partial charge on any atom is 0.220 e. The van der Waals surface area contributed by atoms with Crippen molar-refractivity contribution in [1.29, 1.82) is 0 Å². The summed E-state index contributed by atoms with van der Waals surface area (Å²) in [4.78, 5) is 12.6. The summed E-state index contributed by atoms with van der Waals surface area (Å²) in [6.45, 7) is 5.94. The van der Waals surface area contributed by atoms with Crippen molar-refractivity contribution in [1.82, 2.24) is 10.6 Å². The zero-order chi connectivity index (χ0) is 26.1. The van der Waals surface area contributed by atoms with Crippen molar-refractivity contribution in [3.63, 3.8) is 0 Å². The van der Waals surface area contributed by atoms with Gasteiger partial charge in [0.25, 0.3) is 0 Å². The van der Waals surface area contributed by atoms with Crippen molar-refractivity contribution >= 4 is 5.91 Å². The number of hydrogen-bond acceptors (Lipinski definition) is 3. The first kappa shape index (κ1) is 27.3. The lowest BCUT2D eigenvalue weighted by molar-refractivity contribution is -0.121. The molecule has 0 aromatic heterocycles. The van der Waals surface area contributed by atoms with Crippen LogP contribution in [0.4, 0.5) is 4.39 Å². The molecule has 0 spiro atoms. The average molecular weight is 505 g/mol. The second kappa shape index (κ2) is 13.2. The molecule has 2 aliphatic rings. The number of carbonyl (C=O) groups excluding carboxylic acids is 1. The molecule has 2 N–H and O–H groups in total. The quantitative estimate of drug-likeness (QED) is 0.294. The summed E-state index contributed by atoms with van der Waals surface area (Å²) >= 11 is 0. The van der Waals surface area contributed by atoms with Gasteiger partial charge in [0.15, 0.2) is 0 Å². The molecule has 1 aliphatic carbocycles. The van der Waals surface area contributed by atoms with Crippen LogP contribution in [-0.4, -0.2) is 31.3 Å². The molecule has 1 amide bonds. The highest BCUT2D eigenvalue weighted by atomic mass is 19.1. The highest BCUT2D eigenvalue weighted by molar-refractivity contribution is 5.76. The second-order valence-corrected chi connectivity index (χ2v) is 10.4. The Morgan fingerprint density at radius 2 is 1.84 bits per heavy atom. The van der Waals surface area contributed by atoms with E-state index in [0.29, 0.717) is 19.4 Å². The van der Waals surface area contributed by atoms with Crippen molar-refractivity contribution in [2.75, 3.05) is 13.1 Å². The first-order chi connectivity index (χ1) is 18.0. The first-order valence-electron chi connectivity index (χ1n) is 13.8. The third kappa shape index (κ3) is 7.39. The van der Waals surface area contributed by atoms with Crippen LogP contribution in [0.2, 0.25) is 0 Å². The maximum atomic E-state index is 13.1. The van der Waals surface area contributed by atoms with Crippen LogP contribution in [0.3, 0.4) is 0 Å². The van der Waals surface area contributed by atoms with Gasteiger partial charge in [0, 0.05) is 24.9 Å². The van der Waals surface area contributed by atoms with Crippen LogP contribution in [0.5, 0.6) is 0 Å². The lowest BCUT2D eigenvalue weighted by Crippen LogP contribution is -2.40. The normalized spacial score (nSPS) is 20.5. The summed E-state index contributed by atoms with van der Waals surface area (Å²) in [5, 5.41) is 6.79. The molecule has 2 aromatic rings. The number of nitrogens with one attached hydrogen (secondary N) is 2. The van der Waals surface area contributed by atoms with E-state index < -0.39 is 0 Å².